The molecule has 150 valence electrons. The Kier molecular flexibility index (Phi) is 3.63. The Morgan fingerprint density at radius 1 is 1.13 bits per heavy atom. The highest BCUT2D eigenvalue weighted by Gasteiger charge is 2.55. The van der Waals surface area contributed by atoms with E-state index in [1.54, 1.807) is 11.0 Å². The summed E-state index contributed by atoms with van der Waals surface area (Å²) < 4.78 is 1.78. The van der Waals surface area contributed by atoms with E-state index in [-0.39, 0.29) is 17.9 Å². The largest absolute Gasteiger partial charge is 0.345 e. The van der Waals surface area contributed by atoms with Crippen molar-refractivity contribution in [1.29, 1.82) is 0 Å². The molecule has 4 heterocycles. The Morgan fingerprint density at radius 2 is 2.00 bits per heavy atom. The average Bonchev–Trinajstić information content (AvgIpc) is 3.26. The van der Waals surface area contributed by atoms with Crippen LogP contribution in [0.15, 0.2) is 49.2 Å². The van der Waals surface area contributed by atoms with Crippen LogP contribution in [-0.2, 0) is 11.8 Å². The molecule has 1 amide bonds. The maximum atomic E-state index is 13.2. The molecule has 7 heteroatoms. The van der Waals surface area contributed by atoms with E-state index in [1.807, 2.05) is 48.7 Å². The van der Waals surface area contributed by atoms with Crippen molar-refractivity contribution < 1.29 is 4.79 Å². The van der Waals surface area contributed by atoms with Gasteiger partial charge in [-0.2, -0.15) is 5.10 Å². The van der Waals surface area contributed by atoms with E-state index in [1.165, 1.54) is 0 Å². The highest BCUT2D eigenvalue weighted by Crippen LogP contribution is 2.54. The molecule has 1 aliphatic carbocycles. The van der Waals surface area contributed by atoms with Crippen LogP contribution >= 0.6 is 0 Å². The van der Waals surface area contributed by atoms with Gasteiger partial charge in [-0.05, 0) is 61.1 Å². The zero-order valence-electron chi connectivity index (χ0n) is 16.9. The molecule has 7 nitrogen and oxygen atoms in total. The van der Waals surface area contributed by atoms with Crippen molar-refractivity contribution in [3.05, 3.63) is 60.3 Å². The second kappa shape index (κ2) is 6.26. The Bertz CT molecular complexity index is 1280. The quantitative estimate of drug-likeness (QED) is 0.531. The number of rotatable bonds is 4. The van der Waals surface area contributed by atoms with Crippen LogP contribution in [0, 0.1) is 18.8 Å². The molecule has 0 spiro atoms. The average molecular weight is 398 g/mol. The number of carbonyl (C=O) groups excluding carboxylic acids is 1. The van der Waals surface area contributed by atoms with Crippen LogP contribution in [-0.4, -0.2) is 30.6 Å². The van der Waals surface area contributed by atoms with E-state index >= 15 is 0 Å². The zero-order valence-corrected chi connectivity index (χ0v) is 16.9. The molecule has 2 unspecified atom stereocenters. The van der Waals surface area contributed by atoms with Gasteiger partial charge in [-0.25, -0.2) is 4.98 Å². The topological polar surface area (TPSA) is 79.7 Å². The van der Waals surface area contributed by atoms with Crippen molar-refractivity contribution >= 4 is 22.6 Å². The van der Waals surface area contributed by atoms with E-state index in [4.69, 9.17) is 4.98 Å². The van der Waals surface area contributed by atoms with E-state index in [0.29, 0.717) is 5.92 Å². The van der Waals surface area contributed by atoms with E-state index in [2.05, 4.69) is 28.1 Å². The lowest BCUT2D eigenvalue weighted by Gasteiger charge is -2.48. The number of fused-ring (bicyclic) bond motifs is 1. The first-order chi connectivity index (χ1) is 14.6. The number of aromatic amines is 1. The lowest BCUT2D eigenvalue weighted by molar-refractivity contribution is -0.131. The molecule has 6 rings (SSSR count). The highest BCUT2D eigenvalue weighted by atomic mass is 16.2. The Hall–Kier alpha value is -3.48. The maximum absolute atomic E-state index is 13.2. The summed E-state index contributed by atoms with van der Waals surface area (Å²) in [5.74, 6) is 0.753. The predicted octanol–water partition coefficient (Wildman–Crippen LogP) is 3.78. The number of aromatic nitrogens is 5. The first-order valence-electron chi connectivity index (χ1n) is 10.3. The number of hydrogen-bond acceptors (Lipinski definition) is 4. The molecule has 30 heavy (non-hydrogen) atoms. The van der Waals surface area contributed by atoms with Gasteiger partial charge in [0.2, 0.25) is 5.91 Å². The van der Waals surface area contributed by atoms with Gasteiger partial charge in [0.05, 0.1) is 41.2 Å². The van der Waals surface area contributed by atoms with Crippen LogP contribution in [0.25, 0.3) is 22.3 Å². The van der Waals surface area contributed by atoms with Gasteiger partial charge >= 0.3 is 0 Å². The summed E-state index contributed by atoms with van der Waals surface area (Å²) in [5.41, 5.74) is 6.92. The SMILES string of the molecule is Cc1cc(-c2cnn(C)c2)ncc1C1C(C2CC2)C(=O)N1c1ccc2[nH]cnc2c1. The highest BCUT2D eigenvalue weighted by molar-refractivity contribution is 6.04. The van der Waals surface area contributed by atoms with Gasteiger partial charge in [-0.1, -0.05) is 0 Å². The Morgan fingerprint density at radius 3 is 2.73 bits per heavy atom. The van der Waals surface area contributed by atoms with Crippen molar-refractivity contribution in [3.63, 3.8) is 0 Å². The van der Waals surface area contributed by atoms with Crippen LogP contribution < -0.4 is 4.90 Å². The van der Waals surface area contributed by atoms with Gasteiger partial charge in [-0.15, -0.1) is 0 Å². The molecular weight excluding hydrogens is 376 g/mol. The summed E-state index contributed by atoms with van der Waals surface area (Å²) in [5, 5.41) is 4.25. The standard InChI is InChI=1S/C23H22N6O/c1-13-7-19(15-9-27-28(2)11-15)24-10-17(13)22-21(14-3-4-14)23(30)29(22)16-5-6-18-20(8-16)26-12-25-18/h5-12,14,21-22H,3-4H2,1-2H3,(H,25,26). The number of anilines is 1. The number of amides is 1. The summed E-state index contributed by atoms with van der Waals surface area (Å²) in [6.45, 7) is 2.11. The van der Waals surface area contributed by atoms with Crippen molar-refractivity contribution in [2.45, 2.75) is 25.8 Å². The summed E-state index contributed by atoms with van der Waals surface area (Å²) in [7, 11) is 1.90. The molecule has 1 saturated carbocycles. The minimum absolute atomic E-state index is 0.0249. The molecule has 4 aromatic rings. The lowest BCUT2D eigenvalue weighted by Crippen LogP contribution is -2.56. The van der Waals surface area contributed by atoms with Crippen molar-refractivity contribution in [2.75, 3.05) is 4.90 Å². The molecule has 2 atom stereocenters. The fraction of sp³-hybridized carbons (Fsp3) is 0.304. The molecule has 0 bridgehead atoms. The minimum Gasteiger partial charge on any atom is -0.345 e. The van der Waals surface area contributed by atoms with Gasteiger partial charge in [0.15, 0.2) is 0 Å². The summed E-state index contributed by atoms with van der Waals surface area (Å²) >= 11 is 0. The number of carbonyl (C=O) groups is 1. The van der Waals surface area contributed by atoms with Crippen LogP contribution in [0.1, 0.15) is 30.0 Å². The van der Waals surface area contributed by atoms with Crippen molar-refractivity contribution in [1.82, 2.24) is 24.7 Å². The first kappa shape index (κ1) is 17.4. The number of β-lactam (4-membered cyclic amide) rings is 1. The summed E-state index contributed by atoms with van der Waals surface area (Å²) in [6, 6.07) is 8.11. The number of aryl methyl sites for hydroxylation is 2. The molecule has 0 radical (unpaired) electrons. The third-order valence-electron chi connectivity index (χ3n) is 6.42. The van der Waals surface area contributed by atoms with Gasteiger partial charge in [0.1, 0.15) is 0 Å². The number of imidazole rings is 1. The van der Waals surface area contributed by atoms with Gasteiger partial charge in [-0.3, -0.25) is 14.5 Å². The normalized spacial score (nSPS) is 21.3. The smallest absolute Gasteiger partial charge is 0.233 e. The minimum atomic E-state index is 0.0249. The van der Waals surface area contributed by atoms with Crippen LogP contribution in [0.4, 0.5) is 5.69 Å². The molecule has 3 aromatic heterocycles. The van der Waals surface area contributed by atoms with E-state index in [9.17, 15) is 4.79 Å². The van der Waals surface area contributed by atoms with Crippen LogP contribution in [0.5, 0.6) is 0 Å². The number of nitrogens with zero attached hydrogens (tertiary/aromatic N) is 5. The van der Waals surface area contributed by atoms with Crippen LogP contribution in [0.3, 0.4) is 0 Å². The fourth-order valence-corrected chi connectivity index (χ4v) is 4.70. The fourth-order valence-electron chi connectivity index (χ4n) is 4.70. The zero-order chi connectivity index (χ0) is 20.4. The van der Waals surface area contributed by atoms with Gasteiger partial charge < -0.3 is 9.88 Å². The third kappa shape index (κ3) is 2.58. The second-order valence-electron chi connectivity index (χ2n) is 8.45. The van der Waals surface area contributed by atoms with Crippen molar-refractivity contribution in [2.24, 2.45) is 18.9 Å². The predicted molar refractivity (Wildman–Crippen MR) is 114 cm³/mol. The number of benzene rings is 1. The second-order valence-corrected chi connectivity index (χ2v) is 8.45. The van der Waals surface area contributed by atoms with Gasteiger partial charge in [0.25, 0.3) is 0 Å². The molecular formula is C23H22N6O. The van der Waals surface area contributed by atoms with E-state index in [0.717, 1.165) is 51.9 Å². The Balaban J connectivity index is 1.41. The third-order valence-corrected chi connectivity index (χ3v) is 6.42. The molecule has 1 aliphatic heterocycles. The van der Waals surface area contributed by atoms with Gasteiger partial charge in [0, 0.05) is 30.7 Å². The number of nitrogens with one attached hydrogen (secondary N) is 1. The van der Waals surface area contributed by atoms with E-state index < -0.39 is 0 Å². The summed E-state index contributed by atoms with van der Waals surface area (Å²) in [4.78, 5) is 27.3. The Labute approximate surface area is 173 Å². The number of pyridine rings is 1. The summed E-state index contributed by atoms with van der Waals surface area (Å²) in [6.07, 6.45) is 9.70. The lowest BCUT2D eigenvalue weighted by atomic mass is 9.77. The number of hydrogen-bond donors (Lipinski definition) is 1. The van der Waals surface area contributed by atoms with Crippen molar-refractivity contribution in [3.8, 4) is 11.3 Å². The maximum Gasteiger partial charge on any atom is 0.233 e. The van der Waals surface area contributed by atoms with Crippen LogP contribution in [0.2, 0.25) is 0 Å². The molecule has 1 saturated heterocycles. The number of H-pyrrole nitrogens is 1. The first-order valence-corrected chi connectivity index (χ1v) is 10.3. The molecule has 2 aliphatic rings. The molecule has 1 aromatic carbocycles. The molecule has 1 N–H and O–H groups in total. The monoisotopic (exact) mass is 398 g/mol. The molecule has 2 fully saturated rings.